The van der Waals surface area contributed by atoms with Crippen molar-refractivity contribution in [2.75, 3.05) is 33.3 Å². The number of benzene rings is 1. The molecule has 1 aromatic carbocycles. The smallest absolute Gasteiger partial charge is 0.115 e. The third kappa shape index (κ3) is 4.47. The molecule has 0 aromatic heterocycles. The van der Waals surface area contributed by atoms with Gasteiger partial charge in [-0.2, -0.15) is 0 Å². The van der Waals surface area contributed by atoms with Gasteiger partial charge in [0.05, 0.1) is 12.7 Å². The molecule has 112 valence electrons. The third-order valence-corrected chi connectivity index (χ3v) is 3.79. The van der Waals surface area contributed by atoms with Gasteiger partial charge < -0.3 is 20.1 Å². The highest BCUT2D eigenvalue weighted by atomic mass is 16.5. The predicted molar refractivity (Wildman–Crippen MR) is 81.1 cm³/mol. The lowest BCUT2D eigenvalue weighted by molar-refractivity contribution is -0.0383. The Hall–Kier alpha value is -1.10. The Morgan fingerprint density at radius 2 is 2.15 bits per heavy atom. The van der Waals surface area contributed by atoms with Crippen molar-refractivity contribution in [3.63, 3.8) is 0 Å². The second kappa shape index (κ2) is 7.62. The maximum absolute atomic E-state index is 9.37. The van der Waals surface area contributed by atoms with Crippen LogP contribution in [0.15, 0.2) is 24.3 Å². The molecule has 0 spiro atoms. The van der Waals surface area contributed by atoms with Crippen LogP contribution in [0.1, 0.15) is 18.9 Å². The fourth-order valence-corrected chi connectivity index (χ4v) is 2.61. The minimum Gasteiger partial charge on any atom is -0.508 e. The van der Waals surface area contributed by atoms with Crippen LogP contribution in [-0.4, -0.2) is 55.4 Å². The number of morpholine rings is 1. The molecule has 0 bridgehead atoms. The Balaban J connectivity index is 2.00. The van der Waals surface area contributed by atoms with Crippen LogP contribution in [0.5, 0.6) is 5.75 Å². The molecule has 4 nitrogen and oxygen atoms in total. The molecule has 1 heterocycles. The van der Waals surface area contributed by atoms with E-state index >= 15 is 0 Å². The molecule has 2 N–H and O–H groups in total. The van der Waals surface area contributed by atoms with E-state index in [0.29, 0.717) is 11.8 Å². The summed E-state index contributed by atoms with van der Waals surface area (Å²) in [6.45, 7) is 5.97. The van der Waals surface area contributed by atoms with Gasteiger partial charge in [-0.05, 0) is 44.1 Å². The Kier molecular flexibility index (Phi) is 5.83. The van der Waals surface area contributed by atoms with Gasteiger partial charge in [0.2, 0.25) is 0 Å². The Labute approximate surface area is 121 Å². The summed E-state index contributed by atoms with van der Waals surface area (Å²) in [5.74, 6) is 0.320. The van der Waals surface area contributed by atoms with Crippen LogP contribution < -0.4 is 5.32 Å². The molecule has 2 unspecified atom stereocenters. The van der Waals surface area contributed by atoms with Crippen LogP contribution in [0.4, 0.5) is 0 Å². The van der Waals surface area contributed by atoms with E-state index in [1.807, 2.05) is 12.1 Å². The number of hydrogen-bond acceptors (Lipinski definition) is 4. The van der Waals surface area contributed by atoms with Crippen molar-refractivity contribution in [1.29, 1.82) is 0 Å². The number of nitrogens with zero attached hydrogens (tertiary/aromatic N) is 1. The largest absolute Gasteiger partial charge is 0.508 e. The van der Waals surface area contributed by atoms with Crippen LogP contribution in [-0.2, 0) is 11.2 Å². The first-order chi connectivity index (χ1) is 9.69. The number of aromatic hydroxyl groups is 1. The topological polar surface area (TPSA) is 44.7 Å². The Bertz CT molecular complexity index is 394. The standard InChI is InChI=1S/C16H26N2O2/c1-3-8-17-15(16-12-18(2)9-10-20-16)11-13-4-6-14(19)7-5-13/h4-7,15-17,19H,3,8-12H2,1-2H3. The number of hydrogen-bond donors (Lipinski definition) is 2. The van der Waals surface area contributed by atoms with Crippen LogP contribution in [0.3, 0.4) is 0 Å². The second-order valence-corrected chi connectivity index (χ2v) is 5.60. The van der Waals surface area contributed by atoms with Crippen molar-refractivity contribution in [2.45, 2.75) is 31.9 Å². The van der Waals surface area contributed by atoms with Gasteiger partial charge in [-0.15, -0.1) is 0 Å². The molecule has 2 rings (SSSR count). The average molecular weight is 278 g/mol. The first kappa shape index (κ1) is 15.3. The van der Waals surface area contributed by atoms with Crippen LogP contribution in [0.2, 0.25) is 0 Å². The van der Waals surface area contributed by atoms with E-state index in [9.17, 15) is 5.11 Å². The number of ether oxygens (including phenoxy) is 1. The maximum Gasteiger partial charge on any atom is 0.115 e. The normalized spacial score (nSPS) is 21.8. The maximum atomic E-state index is 9.37. The monoisotopic (exact) mass is 278 g/mol. The van der Waals surface area contributed by atoms with Crippen molar-refractivity contribution in [3.05, 3.63) is 29.8 Å². The van der Waals surface area contributed by atoms with Gasteiger partial charge in [0.1, 0.15) is 5.75 Å². The highest BCUT2D eigenvalue weighted by molar-refractivity contribution is 5.26. The summed E-state index contributed by atoms with van der Waals surface area (Å²) in [4.78, 5) is 2.33. The fraction of sp³-hybridized carbons (Fsp3) is 0.625. The number of nitrogens with one attached hydrogen (secondary N) is 1. The summed E-state index contributed by atoms with van der Waals surface area (Å²) in [5.41, 5.74) is 1.23. The van der Waals surface area contributed by atoms with Crippen LogP contribution in [0, 0.1) is 0 Å². The molecule has 1 aliphatic rings. The van der Waals surface area contributed by atoms with Gasteiger partial charge in [0.25, 0.3) is 0 Å². The first-order valence-corrected chi connectivity index (χ1v) is 7.50. The molecule has 1 aliphatic heterocycles. The van der Waals surface area contributed by atoms with Crippen molar-refractivity contribution in [3.8, 4) is 5.75 Å². The molecular formula is C16H26N2O2. The van der Waals surface area contributed by atoms with Crippen molar-refractivity contribution < 1.29 is 9.84 Å². The summed E-state index contributed by atoms with van der Waals surface area (Å²) >= 11 is 0. The molecule has 1 saturated heterocycles. The molecule has 20 heavy (non-hydrogen) atoms. The molecule has 1 aromatic rings. The van der Waals surface area contributed by atoms with Crippen molar-refractivity contribution in [2.24, 2.45) is 0 Å². The zero-order valence-electron chi connectivity index (χ0n) is 12.5. The Morgan fingerprint density at radius 1 is 1.40 bits per heavy atom. The third-order valence-electron chi connectivity index (χ3n) is 3.79. The van der Waals surface area contributed by atoms with Crippen molar-refractivity contribution >= 4 is 0 Å². The van der Waals surface area contributed by atoms with Gasteiger partial charge in [0.15, 0.2) is 0 Å². The minimum atomic E-state index is 0.231. The zero-order valence-corrected chi connectivity index (χ0v) is 12.5. The minimum absolute atomic E-state index is 0.231. The lowest BCUT2D eigenvalue weighted by atomic mass is 9.99. The van der Waals surface area contributed by atoms with Gasteiger partial charge in [-0.1, -0.05) is 19.1 Å². The van der Waals surface area contributed by atoms with Gasteiger partial charge in [-0.3, -0.25) is 0 Å². The summed E-state index contributed by atoms with van der Waals surface area (Å²) in [6.07, 6.45) is 2.28. The highest BCUT2D eigenvalue weighted by Gasteiger charge is 2.26. The number of phenolic OH excluding ortho intramolecular Hbond substituents is 1. The summed E-state index contributed by atoms with van der Waals surface area (Å²) in [5, 5.41) is 13.0. The number of rotatable bonds is 6. The molecule has 2 atom stereocenters. The Morgan fingerprint density at radius 3 is 2.80 bits per heavy atom. The number of likely N-dealkylation sites (N-methyl/N-ethyl adjacent to an activating group) is 1. The van der Waals surface area contributed by atoms with Gasteiger partial charge >= 0.3 is 0 Å². The molecule has 0 radical (unpaired) electrons. The van der Waals surface area contributed by atoms with Gasteiger partial charge in [0, 0.05) is 19.1 Å². The van der Waals surface area contributed by atoms with E-state index in [-0.39, 0.29) is 6.10 Å². The SMILES string of the molecule is CCCNC(Cc1ccc(O)cc1)C1CN(C)CCO1. The molecule has 0 amide bonds. The second-order valence-electron chi connectivity index (χ2n) is 5.60. The van der Waals surface area contributed by atoms with E-state index in [0.717, 1.165) is 39.1 Å². The zero-order chi connectivity index (χ0) is 14.4. The van der Waals surface area contributed by atoms with Gasteiger partial charge in [-0.25, -0.2) is 0 Å². The summed E-state index contributed by atoms with van der Waals surface area (Å²) in [6, 6.07) is 7.80. The first-order valence-electron chi connectivity index (χ1n) is 7.50. The predicted octanol–water partition coefficient (Wildman–Crippen LogP) is 1.63. The lowest BCUT2D eigenvalue weighted by Gasteiger charge is -2.35. The number of phenols is 1. The molecule has 0 saturated carbocycles. The molecular weight excluding hydrogens is 252 g/mol. The van der Waals surface area contributed by atoms with E-state index < -0.39 is 0 Å². The van der Waals surface area contributed by atoms with E-state index in [2.05, 4.69) is 24.2 Å². The van der Waals surface area contributed by atoms with Crippen molar-refractivity contribution in [1.82, 2.24) is 10.2 Å². The molecule has 1 fully saturated rings. The fourth-order valence-electron chi connectivity index (χ4n) is 2.61. The quantitative estimate of drug-likeness (QED) is 0.830. The van der Waals surface area contributed by atoms with E-state index in [4.69, 9.17) is 4.74 Å². The average Bonchev–Trinajstić information content (AvgIpc) is 2.45. The lowest BCUT2D eigenvalue weighted by Crippen LogP contribution is -2.52. The molecule has 4 heteroatoms. The summed E-state index contributed by atoms with van der Waals surface area (Å²) < 4.78 is 5.95. The highest BCUT2D eigenvalue weighted by Crippen LogP contribution is 2.15. The van der Waals surface area contributed by atoms with E-state index in [1.165, 1.54) is 5.56 Å². The molecule has 0 aliphatic carbocycles. The van der Waals surface area contributed by atoms with Crippen LogP contribution >= 0.6 is 0 Å². The summed E-state index contributed by atoms with van der Waals surface area (Å²) in [7, 11) is 2.15. The van der Waals surface area contributed by atoms with Crippen LogP contribution in [0.25, 0.3) is 0 Å². The van der Waals surface area contributed by atoms with E-state index in [1.54, 1.807) is 12.1 Å².